The van der Waals surface area contributed by atoms with Crippen LogP contribution in [0.4, 0.5) is 0 Å². The summed E-state index contributed by atoms with van der Waals surface area (Å²) in [5.74, 6) is 0.150. The number of hydrogen-bond donors (Lipinski definition) is 0. The summed E-state index contributed by atoms with van der Waals surface area (Å²) >= 11 is 5.83. The van der Waals surface area contributed by atoms with E-state index in [1.807, 2.05) is 19.3 Å². The fourth-order valence-electron chi connectivity index (χ4n) is 2.81. The second-order valence-corrected chi connectivity index (χ2v) is 7.94. The lowest BCUT2D eigenvalue weighted by Gasteiger charge is -2.31. The Morgan fingerprint density at radius 2 is 1.95 bits per heavy atom. The summed E-state index contributed by atoms with van der Waals surface area (Å²) in [6.45, 7) is 1.02. The van der Waals surface area contributed by atoms with Gasteiger partial charge in [-0.15, -0.1) is 0 Å². The summed E-state index contributed by atoms with van der Waals surface area (Å²) in [6.07, 6.45) is 3.69. The highest BCUT2D eigenvalue weighted by atomic mass is 35.5. The van der Waals surface area contributed by atoms with Crippen molar-refractivity contribution in [3.05, 3.63) is 47.2 Å². The highest BCUT2D eigenvalue weighted by Gasteiger charge is 2.31. The number of aromatic nitrogens is 2. The Labute approximate surface area is 135 Å². The zero-order valence-corrected chi connectivity index (χ0v) is 13.9. The van der Waals surface area contributed by atoms with E-state index in [4.69, 9.17) is 11.6 Å². The second-order valence-electron chi connectivity index (χ2n) is 5.57. The Morgan fingerprint density at radius 1 is 1.23 bits per heavy atom. The van der Waals surface area contributed by atoms with Crippen molar-refractivity contribution in [2.75, 3.05) is 13.1 Å². The van der Waals surface area contributed by atoms with Crippen LogP contribution in [0.5, 0.6) is 0 Å². The fourth-order valence-corrected chi connectivity index (χ4v) is 4.46. The highest BCUT2D eigenvalue weighted by molar-refractivity contribution is 7.89. The van der Waals surface area contributed by atoms with Crippen molar-refractivity contribution in [1.29, 1.82) is 0 Å². The summed E-state index contributed by atoms with van der Waals surface area (Å²) in [7, 11) is -1.60. The van der Waals surface area contributed by atoms with E-state index in [0.717, 1.165) is 18.5 Å². The van der Waals surface area contributed by atoms with Crippen molar-refractivity contribution in [3.63, 3.8) is 0 Å². The molecule has 1 aromatic heterocycles. The van der Waals surface area contributed by atoms with E-state index in [1.165, 1.54) is 0 Å². The van der Waals surface area contributed by atoms with E-state index in [1.54, 1.807) is 33.3 Å². The molecule has 1 fully saturated rings. The van der Waals surface area contributed by atoms with Gasteiger partial charge in [-0.1, -0.05) is 11.6 Å². The summed E-state index contributed by atoms with van der Waals surface area (Å²) in [5.41, 5.74) is 0.957. The molecule has 3 rings (SSSR count). The maximum atomic E-state index is 12.7. The molecular weight excluding hydrogens is 322 g/mol. The minimum absolute atomic E-state index is 0.150. The van der Waals surface area contributed by atoms with Crippen LogP contribution in [0.25, 0.3) is 0 Å². The molecule has 0 spiro atoms. The molecule has 1 saturated heterocycles. The van der Waals surface area contributed by atoms with Gasteiger partial charge in [0.15, 0.2) is 0 Å². The number of benzene rings is 1. The average Bonchev–Trinajstić information content (AvgIpc) is 2.94. The van der Waals surface area contributed by atoms with Gasteiger partial charge in [0.25, 0.3) is 0 Å². The van der Waals surface area contributed by atoms with Gasteiger partial charge >= 0.3 is 0 Å². The Kier molecular flexibility index (Phi) is 4.25. The molecule has 2 aromatic rings. The van der Waals surface area contributed by atoms with Crippen molar-refractivity contribution >= 4 is 21.6 Å². The van der Waals surface area contributed by atoms with Gasteiger partial charge < -0.3 is 0 Å². The van der Waals surface area contributed by atoms with E-state index < -0.39 is 10.0 Å². The van der Waals surface area contributed by atoms with Crippen molar-refractivity contribution in [2.24, 2.45) is 7.05 Å². The van der Waals surface area contributed by atoms with Crippen LogP contribution in [-0.2, 0) is 17.1 Å². The first-order valence-corrected chi connectivity index (χ1v) is 9.04. The van der Waals surface area contributed by atoms with Crippen LogP contribution in [0.15, 0.2) is 41.4 Å². The monoisotopic (exact) mass is 339 g/mol. The van der Waals surface area contributed by atoms with Crippen LogP contribution in [0.2, 0.25) is 5.02 Å². The number of piperidine rings is 1. The van der Waals surface area contributed by atoms with E-state index in [0.29, 0.717) is 23.0 Å². The number of sulfonamides is 1. The van der Waals surface area contributed by atoms with Gasteiger partial charge in [-0.25, -0.2) is 8.42 Å². The Balaban J connectivity index is 1.83. The largest absolute Gasteiger partial charge is 0.276 e. The second kappa shape index (κ2) is 6.02. The molecule has 1 aromatic carbocycles. The molecule has 7 heteroatoms. The third-order valence-corrected chi connectivity index (χ3v) is 6.12. The minimum Gasteiger partial charge on any atom is -0.276 e. The molecule has 1 aliphatic rings. The molecule has 0 saturated carbocycles. The summed E-state index contributed by atoms with van der Waals surface area (Å²) in [4.78, 5) is 0.290. The van der Waals surface area contributed by atoms with Crippen molar-refractivity contribution in [1.82, 2.24) is 14.1 Å². The van der Waals surface area contributed by atoms with E-state index in [9.17, 15) is 8.42 Å². The van der Waals surface area contributed by atoms with Crippen LogP contribution in [-0.4, -0.2) is 35.6 Å². The normalized spacial score (nSPS) is 20.2. The van der Waals surface area contributed by atoms with Gasteiger partial charge in [0.1, 0.15) is 0 Å². The van der Waals surface area contributed by atoms with Crippen LogP contribution in [0, 0.1) is 0 Å². The number of rotatable bonds is 3. The van der Waals surface area contributed by atoms with Crippen LogP contribution < -0.4 is 0 Å². The van der Waals surface area contributed by atoms with Crippen molar-refractivity contribution in [3.8, 4) is 0 Å². The highest BCUT2D eigenvalue weighted by Crippen LogP contribution is 2.29. The first kappa shape index (κ1) is 15.5. The molecule has 118 valence electrons. The summed E-state index contributed by atoms with van der Waals surface area (Å²) in [5, 5.41) is 4.94. The molecule has 5 nitrogen and oxygen atoms in total. The molecule has 0 radical (unpaired) electrons. The lowest BCUT2D eigenvalue weighted by molar-refractivity contribution is 0.312. The molecule has 0 N–H and O–H groups in total. The van der Waals surface area contributed by atoms with E-state index in [-0.39, 0.29) is 5.92 Å². The van der Waals surface area contributed by atoms with Crippen molar-refractivity contribution in [2.45, 2.75) is 23.7 Å². The smallest absolute Gasteiger partial charge is 0.243 e. The maximum absolute atomic E-state index is 12.7. The van der Waals surface area contributed by atoms with Gasteiger partial charge in [-0.05, 0) is 43.2 Å². The molecule has 0 bridgehead atoms. The number of hydrogen-bond acceptors (Lipinski definition) is 3. The third kappa shape index (κ3) is 3.04. The predicted molar refractivity (Wildman–Crippen MR) is 85.4 cm³/mol. The van der Waals surface area contributed by atoms with Crippen LogP contribution in [0.3, 0.4) is 0 Å². The first-order valence-electron chi connectivity index (χ1n) is 7.22. The quantitative estimate of drug-likeness (QED) is 0.863. The lowest BCUT2D eigenvalue weighted by Crippen LogP contribution is -2.39. The minimum atomic E-state index is -3.47. The SMILES string of the molecule is Cn1ccc(C2CCCN(S(=O)(=O)c3ccc(Cl)cc3)C2)n1. The number of halogens is 1. The van der Waals surface area contributed by atoms with Crippen LogP contribution in [0.1, 0.15) is 24.5 Å². The Hall–Kier alpha value is -1.37. The number of nitrogens with zero attached hydrogens (tertiary/aromatic N) is 3. The topological polar surface area (TPSA) is 55.2 Å². The maximum Gasteiger partial charge on any atom is 0.243 e. The zero-order valence-electron chi connectivity index (χ0n) is 12.3. The van der Waals surface area contributed by atoms with Gasteiger partial charge in [0.2, 0.25) is 10.0 Å². The zero-order chi connectivity index (χ0) is 15.7. The molecule has 1 aliphatic heterocycles. The molecule has 22 heavy (non-hydrogen) atoms. The van der Waals surface area contributed by atoms with Gasteiger partial charge in [0.05, 0.1) is 10.6 Å². The first-order chi connectivity index (χ1) is 10.5. The Bertz CT molecular complexity index is 755. The van der Waals surface area contributed by atoms with Gasteiger partial charge in [-0.2, -0.15) is 9.40 Å². The summed E-state index contributed by atoms with van der Waals surface area (Å²) < 4.78 is 28.8. The van der Waals surface area contributed by atoms with Gasteiger partial charge in [-0.3, -0.25) is 4.68 Å². The number of aryl methyl sites for hydroxylation is 1. The standard InChI is InChI=1S/C15H18ClN3O2S/c1-18-10-8-15(17-18)12-3-2-9-19(11-12)22(20,21)14-6-4-13(16)5-7-14/h4-8,10,12H,2-3,9,11H2,1H3. The van der Waals surface area contributed by atoms with Gasteiger partial charge in [0, 0.05) is 37.3 Å². The third-order valence-electron chi connectivity index (χ3n) is 3.99. The van der Waals surface area contributed by atoms with E-state index >= 15 is 0 Å². The predicted octanol–water partition coefficient (Wildman–Crippen LogP) is 2.64. The van der Waals surface area contributed by atoms with E-state index in [2.05, 4.69) is 5.10 Å². The van der Waals surface area contributed by atoms with Crippen LogP contribution >= 0.6 is 11.6 Å². The molecule has 0 amide bonds. The molecule has 2 heterocycles. The fraction of sp³-hybridized carbons (Fsp3) is 0.400. The molecular formula is C15H18ClN3O2S. The lowest BCUT2D eigenvalue weighted by atomic mass is 9.96. The molecule has 0 aliphatic carbocycles. The van der Waals surface area contributed by atoms with Crippen molar-refractivity contribution < 1.29 is 8.42 Å². The Morgan fingerprint density at radius 3 is 2.59 bits per heavy atom. The molecule has 1 atom stereocenters. The molecule has 1 unspecified atom stereocenters. The average molecular weight is 340 g/mol. The summed E-state index contributed by atoms with van der Waals surface area (Å²) in [6, 6.07) is 8.29.